The molecule has 0 unspecified atom stereocenters. The van der Waals surface area contributed by atoms with E-state index < -0.39 is 0 Å². The first-order valence-electron chi connectivity index (χ1n) is 9.98. The van der Waals surface area contributed by atoms with Crippen molar-refractivity contribution < 1.29 is 0 Å². The average Bonchev–Trinajstić information content (AvgIpc) is 3.53. The Hall–Kier alpha value is -3.53. The van der Waals surface area contributed by atoms with E-state index in [1.54, 1.807) is 21.6 Å². The van der Waals surface area contributed by atoms with Crippen molar-refractivity contribution >= 4 is 38.4 Å². The van der Waals surface area contributed by atoms with Gasteiger partial charge in [-0.25, -0.2) is 19.5 Å². The lowest BCUT2D eigenvalue weighted by Crippen LogP contribution is -2.33. The number of H-pyrrole nitrogens is 1. The van der Waals surface area contributed by atoms with Gasteiger partial charge < -0.3 is 9.88 Å². The number of halogens is 1. The maximum atomic E-state index is 13.6. The predicted octanol–water partition coefficient (Wildman–Crippen LogP) is 3.26. The Kier molecular flexibility index (Phi) is 4.13. The fourth-order valence-corrected chi connectivity index (χ4v) is 4.82. The molecule has 0 saturated carbocycles. The Morgan fingerprint density at radius 3 is 2.84 bits per heavy atom. The van der Waals surface area contributed by atoms with Crippen LogP contribution in [0.15, 0.2) is 64.5 Å². The van der Waals surface area contributed by atoms with Crippen LogP contribution in [0.1, 0.15) is 24.7 Å². The minimum atomic E-state index is -0.125. The first-order valence-corrected chi connectivity index (χ1v) is 10.8. The Morgan fingerprint density at radius 2 is 1.97 bits per heavy atom. The molecular weight excluding hydrogens is 460 g/mol. The molecule has 5 heterocycles. The first kappa shape index (κ1) is 18.3. The summed E-state index contributed by atoms with van der Waals surface area (Å²) in [6.45, 7) is 0.799. The molecular formula is C21H17BrN8O. The summed E-state index contributed by atoms with van der Waals surface area (Å²) in [5, 5.41) is 4.90. The van der Waals surface area contributed by atoms with E-state index in [0.717, 1.165) is 40.9 Å². The van der Waals surface area contributed by atoms with Gasteiger partial charge in [0.25, 0.3) is 5.56 Å². The number of imidazole rings is 1. The molecule has 1 saturated heterocycles. The Morgan fingerprint density at radius 1 is 1.10 bits per heavy atom. The molecule has 1 N–H and O–H groups in total. The van der Waals surface area contributed by atoms with E-state index in [1.807, 2.05) is 36.4 Å². The number of hydrogen-bond acceptors (Lipinski definition) is 6. The summed E-state index contributed by atoms with van der Waals surface area (Å²) in [5.41, 5.74) is 2.58. The smallest absolute Gasteiger partial charge is 0.283 e. The van der Waals surface area contributed by atoms with Crippen molar-refractivity contribution in [3.8, 4) is 5.69 Å². The molecule has 9 nitrogen and oxygen atoms in total. The lowest BCUT2D eigenvalue weighted by atomic mass is 10.2. The number of aromatic amines is 1. The molecule has 1 fully saturated rings. The summed E-state index contributed by atoms with van der Waals surface area (Å²) in [7, 11) is 0. The molecule has 6 rings (SSSR count). The zero-order chi connectivity index (χ0) is 20.9. The Bertz CT molecular complexity index is 1470. The Labute approximate surface area is 184 Å². The molecule has 5 aromatic rings. The standard InChI is InChI=1S/C21H17BrN8O/c22-14-8-10-29-17(14)21(31)30(13-5-2-1-3-6-13)19(27-29)15-7-4-9-28(15)20-16-18(24-11-23-16)25-12-26-20/h1-3,5-6,8,10-12,15H,4,7,9H2,(H,23,24,25,26)/t15-/m0/s1. The molecule has 10 heteroatoms. The molecule has 0 bridgehead atoms. The highest BCUT2D eigenvalue weighted by Crippen LogP contribution is 2.37. The second-order valence-electron chi connectivity index (χ2n) is 7.44. The van der Waals surface area contributed by atoms with Gasteiger partial charge in [0.05, 0.1) is 22.5 Å². The minimum absolute atomic E-state index is 0.116. The molecule has 1 aromatic carbocycles. The van der Waals surface area contributed by atoms with Crippen molar-refractivity contribution in [1.29, 1.82) is 0 Å². The van der Waals surface area contributed by atoms with Crippen molar-refractivity contribution in [2.75, 3.05) is 11.4 Å². The Balaban J connectivity index is 1.60. The van der Waals surface area contributed by atoms with Crippen molar-refractivity contribution in [1.82, 2.24) is 34.1 Å². The van der Waals surface area contributed by atoms with Crippen LogP contribution in [0.25, 0.3) is 22.4 Å². The third kappa shape index (κ3) is 2.78. The van der Waals surface area contributed by atoms with Gasteiger partial charge in [-0.2, -0.15) is 5.10 Å². The molecule has 1 atom stereocenters. The van der Waals surface area contributed by atoms with Crippen molar-refractivity contribution in [2.45, 2.75) is 18.9 Å². The largest absolute Gasteiger partial charge is 0.344 e. The quantitative estimate of drug-likeness (QED) is 0.429. The van der Waals surface area contributed by atoms with Crippen LogP contribution in [-0.4, -0.2) is 40.7 Å². The summed E-state index contributed by atoms with van der Waals surface area (Å²) in [4.78, 5) is 32.0. The molecule has 1 aliphatic heterocycles. The lowest BCUT2D eigenvalue weighted by Gasteiger charge is -2.27. The van der Waals surface area contributed by atoms with Crippen LogP contribution in [0.3, 0.4) is 0 Å². The minimum Gasteiger partial charge on any atom is -0.344 e. The number of fused-ring (bicyclic) bond motifs is 2. The van der Waals surface area contributed by atoms with Gasteiger partial charge in [0.2, 0.25) is 0 Å². The van der Waals surface area contributed by atoms with E-state index >= 15 is 0 Å². The van der Waals surface area contributed by atoms with Crippen molar-refractivity contribution in [2.24, 2.45) is 0 Å². The van der Waals surface area contributed by atoms with Crippen LogP contribution in [0, 0.1) is 0 Å². The zero-order valence-corrected chi connectivity index (χ0v) is 17.9. The average molecular weight is 477 g/mol. The molecule has 0 aliphatic carbocycles. The van der Waals surface area contributed by atoms with Crippen LogP contribution in [0.4, 0.5) is 5.82 Å². The molecule has 0 radical (unpaired) electrons. The number of para-hydroxylation sites is 1. The van der Waals surface area contributed by atoms with Gasteiger partial charge >= 0.3 is 0 Å². The highest BCUT2D eigenvalue weighted by Gasteiger charge is 2.33. The van der Waals surface area contributed by atoms with Crippen molar-refractivity contribution in [3.63, 3.8) is 0 Å². The van der Waals surface area contributed by atoms with Gasteiger partial charge in [-0.1, -0.05) is 18.2 Å². The van der Waals surface area contributed by atoms with E-state index in [9.17, 15) is 4.79 Å². The summed E-state index contributed by atoms with van der Waals surface area (Å²) in [6.07, 6.45) is 6.76. The molecule has 1 aliphatic rings. The van der Waals surface area contributed by atoms with E-state index in [0.29, 0.717) is 17.0 Å². The predicted molar refractivity (Wildman–Crippen MR) is 119 cm³/mol. The summed E-state index contributed by atoms with van der Waals surface area (Å²) in [6, 6.07) is 11.4. The first-order chi connectivity index (χ1) is 15.2. The van der Waals surface area contributed by atoms with Crippen LogP contribution in [-0.2, 0) is 0 Å². The van der Waals surface area contributed by atoms with Crippen LogP contribution in [0.2, 0.25) is 0 Å². The molecule has 4 aromatic heterocycles. The number of rotatable bonds is 3. The second kappa shape index (κ2) is 7.02. The summed E-state index contributed by atoms with van der Waals surface area (Å²) in [5.74, 6) is 1.45. The van der Waals surface area contributed by atoms with Gasteiger partial charge in [-0.15, -0.1) is 0 Å². The molecule has 154 valence electrons. The van der Waals surface area contributed by atoms with E-state index in [-0.39, 0.29) is 11.6 Å². The summed E-state index contributed by atoms with van der Waals surface area (Å²) >= 11 is 3.49. The fourth-order valence-electron chi connectivity index (χ4n) is 4.35. The maximum Gasteiger partial charge on any atom is 0.283 e. The van der Waals surface area contributed by atoms with Gasteiger partial charge in [-0.05, 0) is 47.0 Å². The third-order valence-corrected chi connectivity index (χ3v) is 6.34. The second-order valence-corrected chi connectivity index (χ2v) is 8.30. The highest BCUT2D eigenvalue weighted by molar-refractivity contribution is 9.10. The fraction of sp³-hybridized carbons (Fsp3) is 0.190. The third-order valence-electron chi connectivity index (χ3n) is 5.70. The van der Waals surface area contributed by atoms with Crippen LogP contribution < -0.4 is 10.5 Å². The van der Waals surface area contributed by atoms with Crippen LogP contribution in [0.5, 0.6) is 0 Å². The number of nitrogens with one attached hydrogen (secondary N) is 1. The number of benzene rings is 1. The van der Waals surface area contributed by atoms with Gasteiger partial charge in [0.15, 0.2) is 17.3 Å². The van der Waals surface area contributed by atoms with E-state index in [1.165, 1.54) is 6.33 Å². The molecule has 0 spiro atoms. The SMILES string of the molecule is O=c1c2c(Br)ccn2nc([C@@H]2CCCN2c2ncnc3nc[nH]c23)n1-c1ccccc1. The monoisotopic (exact) mass is 476 g/mol. The number of hydrogen-bond donors (Lipinski definition) is 1. The normalized spacial score (nSPS) is 16.5. The number of nitrogens with zero attached hydrogens (tertiary/aromatic N) is 7. The van der Waals surface area contributed by atoms with E-state index in [4.69, 9.17) is 5.10 Å². The highest BCUT2D eigenvalue weighted by atomic mass is 79.9. The molecule has 0 amide bonds. The van der Waals surface area contributed by atoms with Gasteiger partial charge in [0.1, 0.15) is 17.4 Å². The molecule has 31 heavy (non-hydrogen) atoms. The maximum absolute atomic E-state index is 13.6. The van der Waals surface area contributed by atoms with Crippen LogP contribution >= 0.6 is 15.9 Å². The van der Waals surface area contributed by atoms with Gasteiger partial charge in [0, 0.05) is 12.7 Å². The van der Waals surface area contributed by atoms with E-state index in [2.05, 4.69) is 40.8 Å². The summed E-state index contributed by atoms with van der Waals surface area (Å²) < 4.78 is 4.09. The lowest BCUT2D eigenvalue weighted by molar-refractivity contribution is 0.601. The van der Waals surface area contributed by atoms with Crippen molar-refractivity contribution in [3.05, 3.63) is 75.9 Å². The zero-order valence-electron chi connectivity index (χ0n) is 16.3. The number of anilines is 1. The van der Waals surface area contributed by atoms with Gasteiger partial charge in [-0.3, -0.25) is 9.36 Å². The topological polar surface area (TPSA) is 97.0 Å². The number of aromatic nitrogens is 7.